The van der Waals surface area contributed by atoms with Crippen LogP contribution in [0.4, 0.5) is 19.0 Å². The highest BCUT2D eigenvalue weighted by Crippen LogP contribution is 2.28. The smallest absolute Gasteiger partial charge is 0.451 e. The molecule has 1 rings (SSSR count). The highest BCUT2D eigenvalue weighted by atomic mass is 19.4. The maximum atomic E-state index is 12.4. The lowest BCUT2D eigenvalue weighted by Crippen LogP contribution is -2.14. The SMILES string of the molecule is COCCOCCCOc1cc(N)nc(C(F)(F)F)n1. The van der Waals surface area contributed by atoms with E-state index in [1.54, 1.807) is 7.11 Å². The number of aromatic nitrogens is 2. The first-order valence-corrected chi connectivity index (χ1v) is 5.84. The minimum Gasteiger partial charge on any atom is -0.477 e. The normalized spacial score (nSPS) is 11.6. The molecule has 0 aliphatic rings. The van der Waals surface area contributed by atoms with E-state index in [0.717, 1.165) is 6.07 Å². The Morgan fingerprint density at radius 3 is 2.55 bits per heavy atom. The Morgan fingerprint density at radius 1 is 1.15 bits per heavy atom. The Bertz CT molecular complexity index is 416. The summed E-state index contributed by atoms with van der Waals surface area (Å²) in [5.41, 5.74) is 5.27. The van der Waals surface area contributed by atoms with E-state index in [4.69, 9.17) is 19.9 Å². The lowest BCUT2D eigenvalue weighted by atomic mass is 10.4. The predicted molar refractivity (Wildman–Crippen MR) is 64.3 cm³/mol. The minimum atomic E-state index is -4.66. The summed E-state index contributed by atoms with van der Waals surface area (Å²) in [6.07, 6.45) is -4.15. The van der Waals surface area contributed by atoms with Gasteiger partial charge in [0.1, 0.15) is 5.82 Å². The Morgan fingerprint density at radius 2 is 1.90 bits per heavy atom. The van der Waals surface area contributed by atoms with Crippen LogP contribution >= 0.6 is 0 Å². The topological polar surface area (TPSA) is 79.5 Å². The van der Waals surface area contributed by atoms with Crippen LogP contribution in [0.3, 0.4) is 0 Å². The molecule has 0 radical (unpaired) electrons. The molecule has 0 fully saturated rings. The number of anilines is 1. The first kappa shape index (κ1) is 16.4. The number of halogens is 3. The second-order valence-electron chi connectivity index (χ2n) is 3.76. The average molecular weight is 295 g/mol. The van der Waals surface area contributed by atoms with Crippen LogP contribution in [-0.2, 0) is 15.7 Å². The number of alkyl halides is 3. The number of nitrogens with zero attached hydrogens (tertiary/aromatic N) is 2. The van der Waals surface area contributed by atoms with Crippen molar-refractivity contribution in [3.8, 4) is 5.88 Å². The predicted octanol–water partition coefficient (Wildman–Crippen LogP) is 1.51. The Hall–Kier alpha value is -1.61. The molecule has 0 aromatic carbocycles. The summed E-state index contributed by atoms with van der Waals surface area (Å²) in [4.78, 5) is 6.36. The van der Waals surface area contributed by atoms with Crippen molar-refractivity contribution in [1.29, 1.82) is 0 Å². The van der Waals surface area contributed by atoms with Crippen LogP contribution in [-0.4, -0.2) is 43.5 Å². The van der Waals surface area contributed by atoms with Gasteiger partial charge in [-0.1, -0.05) is 0 Å². The monoisotopic (exact) mass is 295 g/mol. The summed E-state index contributed by atoms with van der Waals surface area (Å²) >= 11 is 0. The van der Waals surface area contributed by atoms with Gasteiger partial charge >= 0.3 is 6.18 Å². The van der Waals surface area contributed by atoms with Crippen molar-refractivity contribution in [2.45, 2.75) is 12.6 Å². The number of hydrogen-bond donors (Lipinski definition) is 1. The Kier molecular flexibility index (Phi) is 6.46. The number of methoxy groups -OCH3 is 1. The molecule has 0 saturated heterocycles. The number of nitrogens with two attached hydrogens (primary N) is 1. The molecule has 6 nitrogen and oxygen atoms in total. The molecule has 0 aliphatic carbocycles. The number of ether oxygens (including phenoxy) is 3. The zero-order valence-corrected chi connectivity index (χ0v) is 10.9. The van der Waals surface area contributed by atoms with E-state index in [-0.39, 0.29) is 18.3 Å². The van der Waals surface area contributed by atoms with E-state index in [9.17, 15) is 13.2 Å². The largest absolute Gasteiger partial charge is 0.477 e. The summed E-state index contributed by atoms with van der Waals surface area (Å²) in [5, 5.41) is 0. The van der Waals surface area contributed by atoms with Crippen molar-refractivity contribution in [2.75, 3.05) is 39.3 Å². The fourth-order valence-electron chi connectivity index (χ4n) is 1.23. The third kappa shape index (κ3) is 6.02. The van der Waals surface area contributed by atoms with Crippen molar-refractivity contribution in [3.63, 3.8) is 0 Å². The van der Waals surface area contributed by atoms with Gasteiger partial charge in [-0.25, -0.2) is 4.98 Å². The summed E-state index contributed by atoms with van der Waals surface area (Å²) < 4.78 is 52.4. The van der Waals surface area contributed by atoms with Crippen LogP contribution in [0.1, 0.15) is 12.2 Å². The molecule has 9 heteroatoms. The van der Waals surface area contributed by atoms with E-state index in [0.29, 0.717) is 26.2 Å². The van der Waals surface area contributed by atoms with Crippen molar-refractivity contribution in [2.24, 2.45) is 0 Å². The molecule has 0 saturated carbocycles. The molecular formula is C11H16F3N3O3. The second kappa shape index (κ2) is 7.85. The minimum absolute atomic E-state index is 0.167. The fourth-order valence-corrected chi connectivity index (χ4v) is 1.23. The van der Waals surface area contributed by atoms with Gasteiger partial charge in [0.25, 0.3) is 0 Å². The standard InChI is InChI=1S/C11H16F3N3O3/c1-18-5-6-19-3-2-4-20-9-7-8(15)16-10(17-9)11(12,13)14/h7H,2-6H2,1H3,(H2,15,16,17). The number of nitrogen functional groups attached to an aromatic ring is 1. The van der Waals surface area contributed by atoms with Crippen LogP contribution in [0.2, 0.25) is 0 Å². The molecule has 0 atom stereocenters. The molecule has 0 bridgehead atoms. The molecule has 1 aromatic rings. The third-order valence-electron chi connectivity index (χ3n) is 2.09. The van der Waals surface area contributed by atoms with Crippen molar-refractivity contribution in [3.05, 3.63) is 11.9 Å². The first-order chi connectivity index (χ1) is 9.43. The van der Waals surface area contributed by atoms with E-state index in [1.807, 2.05) is 0 Å². The molecular weight excluding hydrogens is 279 g/mol. The van der Waals surface area contributed by atoms with E-state index in [1.165, 1.54) is 0 Å². The Labute approximate surface area is 114 Å². The van der Waals surface area contributed by atoms with Crippen molar-refractivity contribution >= 4 is 5.82 Å². The van der Waals surface area contributed by atoms with Crippen LogP contribution in [0.5, 0.6) is 5.88 Å². The molecule has 0 amide bonds. The first-order valence-electron chi connectivity index (χ1n) is 5.84. The van der Waals surface area contributed by atoms with E-state index in [2.05, 4.69) is 9.97 Å². The van der Waals surface area contributed by atoms with Crippen LogP contribution < -0.4 is 10.5 Å². The van der Waals surface area contributed by atoms with Gasteiger partial charge in [0.15, 0.2) is 0 Å². The van der Waals surface area contributed by atoms with Gasteiger partial charge in [-0.05, 0) is 0 Å². The van der Waals surface area contributed by atoms with Crippen LogP contribution in [0.25, 0.3) is 0 Å². The highest BCUT2D eigenvalue weighted by molar-refractivity contribution is 5.33. The summed E-state index contributed by atoms with van der Waals surface area (Å²) in [5.74, 6) is -1.82. The Balaban J connectivity index is 2.39. The quantitative estimate of drug-likeness (QED) is 0.732. The van der Waals surface area contributed by atoms with E-state index < -0.39 is 12.0 Å². The van der Waals surface area contributed by atoms with Gasteiger partial charge in [-0.2, -0.15) is 18.2 Å². The molecule has 1 aromatic heterocycles. The third-order valence-corrected chi connectivity index (χ3v) is 2.09. The van der Waals surface area contributed by atoms with Gasteiger partial charge in [0, 0.05) is 26.2 Å². The molecule has 2 N–H and O–H groups in total. The summed E-state index contributed by atoms with van der Waals surface area (Å²) in [6, 6.07) is 1.14. The second-order valence-corrected chi connectivity index (χ2v) is 3.76. The number of hydrogen-bond acceptors (Lipinski definition) is 6. The molecule has 114 valence electrons. The zero-order chi connectivity index (χ0) is 15.0. The zero-order valence-electron chi connectivity index (χ0n) is 10.9. The average Bonchev–Trinajstić information content (AvgIpc) is 2.36. The molecule has 0 spiro atoms. The summed E-state index contributed by atoms with van der Waals surface area (Å²) in [6.45, 7) is 1.52. The van der Waals surface area contributed by atoms with Crippen LogP contribution in [0.15, 0.2) is 6.07 Å². The lowest BCUT2D eigenvalue weighted by molar-refractivity contribution is -0.145. The van der Waals surface area contributed by atoms with Crippen molar-refractivity contribution < 1.29 is 27.4 Å². The molecule has 1 heterocycles. The molecule has 0 unspecified atom stereocenters. The van der Waals surface area contributed by atoms with Gasteiger partial charge in [0.05, 0.1) is 19.8 Å². The highest BCUT2D eigenvalue weighted by Gasteiger charge is 2.35. The lowest BCUT2D eigenvalue weighted by Gasteiger charge is -2.09. The van der Waals surface area contributed by atoms with Gasteiger partial charge < -0.3 is 19.9 Å². The maximum Gasteiger partial charge on any atom is 0.451 e. The van der Waals surface area contributed by atoms with Crippen molar-refractivity contribution in [1.82, 2.24) is 9.97 Å². The number of rotatable bonds is 8. The van der Waals surface area contributed by atoms with Gasteiger partial charge in [-0.15, -0.1) is 0 Å². The fraction of sp³-hybridized carbons (Fsp3) is 0.636. The molecule has 0 aliphatic heterocycles. The maximum absolute atomic E-state index is 12.4. The van der Waals surface area contributed by atoms with Gasteiger partial charge in [0.2, 0.25) is 11.7 Å². The van der Waals surface area contributed by atoms with Crippen LogP contribution in [0, 0.1) is 0 Å². The van der Waals surface area contributed by atoms with Gasteiger partial charge in [-0.3, -0.25) is 0 Å². The van der Waals surface area contributed by atoms with E-state index >= 15 is 0 Å². The summed E-state index contributed by atoms with van der Waals surface area (Å²) in [7, 11) is 1.56. The molecule has 20 heavy (non-hydrogen) atoms.